The van der Waals surface area contributed by atoms with Gasteiger partial charge >= 0.3 is 0 Å². The lowest BCUT2D eigenvalue weighted by atomic mass is 10.0. The highest BCUT2D eigenvalue weighted by molar-refractivity contribution is 7.89. The molecule has 2 aliphatic heterocycles. The molecule has 2 aromatic carbocycles. The molecule has 0 aromatic heterocycles. The maximum Gasteiger partial charge on any atom is 0.243 e. The minimum atomic E-state index is -3.88. The normalized spacial score (nSPS) is 20.8. The molecule has 30 heavy (non-hydrogen) atoms. The summed E-state index contributed by atoms with van der Waals surface area (Å²) >= 11 is 0. The topological polar surface area (TPSA) is 105 Å². The van der Waals surface area contributed by atoms with Crippen LogP contribution in [-0.4, -0.2) is 62.7 Å². The third kappa shape index (κ3) is 3.88. The van der Waals surface area contributed by atoms with Gasteiger partial charge in [-0.3, -0.25) is 4.79 Å². The van der Waals surface area contributed by atoms with Crippen LogP contribution in [0.1, 0.15) is 11.1 Å². The Labute approximate surface area is 175 Å². The molecule has 160 valence electrons. The predicted molar refractivity (Wildman–Crippen MR) is 109 cm³/mol. The molecule has 1 unspecified atom stereocenters. The standard InChI is InChI=1S/C21H24N2O6S/c1-23-17(21(25)22-16(13-24)9-14-5-3-2-4-6-14)10-15-11-18-19(29-8-7-28-18)12-20(15)30(23,26)27/h2-6,11-12,16-17,24H,7-10,13H2,1H3,(H,22,25)/t16-,17?/m0/s1. The molecule has 8 nitrogen and oxygen atoms in total. The van der Waals surface area contributed by atoms with Crippen LogP contribution in [0.5, 0.6) is 11.5 Å². The Morgan fingerprint density at radius 2 is 1.87 bits per heavy atom. The van der Waals surface area contributed by atoms with E-state index >= 15 is 0 Å². The Hall–Kier alpha value is -2.62. The maximum absolute atomic E-state index is 13.1. The van der Waals surface area contributed by atoms with E-state index in [4.69, 9.17) is 9.47 Å². The fourth-order valence-electron chi connectivity index (χ4n) is 3.79. The summed E-state index contributed by atoms with van der Waals surface area (Å²) in [6.45, 7) is 0.496. The van der Waals surface area contributed by atoms with Crippen LogP contribution in [-0.2, 0) is 27.7 Å². The first kappa shape index (κ1) is 20.6. The van der Waals surface area contributed by atoms with E-state index in [1.807, 2.05) is 30.3 Å². The summed E-state index contributed by atoms with van der Waals surface area (Å²) in [7, 11) is -2.48. The minimum Gasteiger partial charge on any atom is -0.486 e. The fourth-order valence-corrected chi connectivity index (χ4v) is 5.33. The lowest BCUT2D eigenvalue weighted by molar-refractivity contribution is -0.125. The number of likely N-dealkylation sites (N-methyl/N-ethyl adjacent to an activating group) is 1. The SMILES string of the molecule is CN1C(C(=O)N[C@H](CO)Cc2ccccc2)Cc2cc3c(cc2S1(=O)=O)OCCO3. The smallest absolute Gasteiger partial charge is 0.243 e. The van der Waals surface area contributed by atoms with Crippen LogP contribution in [0.2, 0.25) is 0 Å². The van der Waals surface area contributed by atoms with Crippen molar-refractivity contribution in [3.63, 3.8) is 0 Å². The van der Waals surface area contributed by atoms with E-state index in [1.54, 1.807) is 6.07 Å². The van der Waals surface area contributed by atoms with E-state index in [9.17, 15) is 18.3 Å². The monoisotopic (exact) mass is 432 g/mol. The summed E-state index contributed by atoms with van der Waals surface area (Å²) in [6.07, 6.45) is 0.651. The first-order valence-electron chi connectivity index (χ1n) is 9.76. The van der Waals surface area contributed by atoms with Crippen LogP contribution >= 0.6 is 0 Å². The van der Waals surface area contributed by atoms with Gasteiger partial charge in [-0.2, -0.15) is 4.31 Å². The molecule has 0 spiro atoms. The molecule has 0 saturated heterocycles. The highest BCUT2D eigenvalue weighted by Gasteiger charge is 2.41. The number of hydrogen-bond acceptors (Lipinski definition) is 6. The van der Waals surface area contributed by atoms with E-state index in [-0.39, 0.29) is 17.9 Å². The van der Waals surface area contributed by atoms with Gasteiger partial charge in [0.2, 0.25) is 15.9 Å². The van der Waals surface area contributed by atoms with Crippen molar-refractivity contribution in [1.82, 2.24) is 9.62 Å². The van der Waals surface area contributed by atoms with Crippen molar-refractivity contribution in [3.8, 4) is 11.5 Å². The Morgan fingerprint density at radius 3 is 2.53 bits per heavy atom. The molecular weight excluding hydrogens is 408 g/mol. The van der Waals surface area contributed by atoms with E-state index in [0.717, 1.165) is 9.87 Å². The van der Waals surface area contributed by atoms with Gasteiger partial charge in [0.25, 0.3) is 0 Å². The summed E-state index contributed by atoms with van der Waals surface area (Å²) in [5, 5.41) is 12.5. The summed E-state index contributed by atoms with van der Waals surface area (Å²) in [5.41, 5.74) is 1.48. The second kappa shape index (κ2) is 8.25. The molecule has 2 aromatic rings. The quantitative estimate of drug-likeness (QED) is 0.722. The lowest BCUT2D eigenvalue weighted by Gasteiger charge is -2.34. The molecule has 2 heterocycles. The number of amides is 1. The van der Waals surface area contributed by atoms with Crippen LogP contribution in [0, 0.1) is 0 Å². The zero-order valence-electron chi connectivity index (χ0n) is 16.6. The molecular formula is C21H24N2O6S. The average Bonchev–Trinajstić information content (AvgIpc) is 2.75. The van der Waals surface area contributed by atoms with Gasteiger partial charge in [-0.15, -0.1) is 0 Å². The summed E-state index contributed by atoms with van der Waals surface area (Å²) in [5.74, 6) is 0.427. The molecule has 9 heteroatoms. The Bertz CT molecular complexity index is 1040. The number of ether oxygens (including phenoxy) is 2. The number of aliphatic hydroxyl groups excluding tert-OH is 1. The summed E-state index contributed by atoms with van der Waals surface area (Å²) in [4.78, 5) is 13.1. The highest BCUT2D eigenvalue weighted by Crippen LogP contribution is 2.39. The fraction of sp³-hybridized carbons (Fsp3) is 0.381. The average molecular weight is 432 g/mol. The number of benzene rings is 2. The second-order valence-electron chi connectivity index (χ2n) is 7.42. The van der Waals surface area contributed by atoms with Gasteiger partial charge in [0, 0.05) is 13.1 Å². The first-order valence-corrected chi connectivity index (χ1v) is 11.2. The Balaban J connectivity index is 1.56. The number of sulfonamides is 1. The summed E-state index contributed by atoms with van der Waals surface area (Å²) in [6, 6.07) is 11.2. The van der Waals surface area contributed by atoms with E-state index < -0.39 is 28.0 Å². The largest absolute Gasteiger partial charge is 0.486 e. The Morgan fingerprint density at radius 1 is 1.20 bits per heavy atom. The van der Waals surface area contributed by atoms with Crippen molar-refractivity contribution in [2.24, 2.45) is 0 Å². The van der Waals surface area contributed by atoms with Crippen molar-refractivity contribution >= 4 is 15.9 Å². The molecule has 0 radical (unpaired) electrons. The zero-order valence-corrected chi connectivity index (χ0v) is 17.4. The summed E-state index contributed by atoms with van der Waals surface area (Å²) < 4.78 is 38.2. The molecule has 0 bridgehead atoms. The number of carbonyl (C=O) groups excluding carboxylic acids is 1. The first-order chi connectivity index (χ1) is 14.4. The number of carbonyl (C=O) groups is 1. The maximum atomic E-state index is 13.1. The van der Waals surface area contributed by atoms with Crippen molar-refractivity contribution < 1.29 is 27.8 Å². The van der Waals surface area contributed by atoms with Crippen molar-refractivity contribution in [1.29, 1.82) is 0 Å². The number of hydrogen-bond donors (Lipinski definition) is 2. The van der Waals surface area contributed by atoms with E-state index in [1.165, 1.54) is 13.1 Å². The van der Waals surface area contributed by atoms with Crippen molar-refractivity contribution in [2.75, 3.05) is 26.9 Å². The molecule has 1 amide bonds. The molecule has 4 rings (SSSR count). The molecule has 2 aliphatic rings. The second-order valence-corrected chi connectivity index (χ2v) is 9.39. The predicted octanol–water partition coefficient (Wildman–Crippen LogP) is 0.723. The van der Waals surface area contributed by atoms with Crippen LogP contribution in [0.15, 0.2) is 47.4 Å². The number of aliphatic hydroxyl groups is 1. The molecule has 2 atom stereocenters. The van der Waals surface area contributed by atoms with Gasteiger partial charge in [0.1, 0.15) is 19.3 Å². The lowest BCUT2D eigenvalue weighted by Crippen LogP contribution is -2.54. The third-order valence-corrected chi connectivity index (χ3v) is 7.38. The van der Waals surface area contributed by atoms with E-state index in [0.29, 0.717) is 36.7 Å². The number of nitrogens with zero attached hydrogens (tertiary/aromatic N) is 1. The molecule has 0 saturated carbocycles. The number of fused-ring (bicyclic) bond motifs is 2. The van der Waals surface area contributed by atoms with Crippen LogP contribution in [0.4, 0.5) is 0 Å². The van der Waals surface area contributed by atoms with Gasteiger partial charge in [-0.05, 0) is 30.0 Å². The van der Waals surface area contributed by atoms with Crippen molar-refractivity contribution in [3.05, 3.63) is 53.6 Å². The van der Waals surface area contributed by atoms with Gasteiger partial charge in [0.15, 0.2) is 11.5 Å². The van der Waals surface area contributed by atoms with Gasteiger partial charge in [0.05, 0.1) is 17.5 Å². The Kier molecular flexibility index (Phi) is 5.68. The van der Waals surface area contributed by atoms with Crippen LogP contribution in [0.25, 0.3) is 0 Å². The third-order valence-electron chi connectivity index (χ3n) is 5.43. The molecule has 0 aliphatic carbocycles. The van der Waals surface area contributed by atoms with E-state index in [2.05, 4.69) is 5.32 Å². The van der Waals surface area contributed by atoms with Crippen molar-refractivity contribution in [2.45, 2.75) is 29.8 Å². The van der Waals surface area contributed by atoms with Crippen LogP contribution in [0.3, 0.4) is 0 Å². The molecule has 2 N–H and O–H groups in total. The molecule has 0 fully saturated rings. The van der Waals surface area contributed by atoms with Gasteiger partial charge in [-0.1, -0.05) is 30.3 Å². The minimum absolute atomic E-state index is 0.126. The van der Waals surface area contributed by atoms with Gasteiger partial charge in [-0.25, -0.2) is 8.42 Å². The highest BCUT2D eigenvalue weighted by atomic mass is 32.2. The number of rotatable bonds is 5. The van der Waals surface area contributed by atoms with Crippen LogP contribution < -0.4 is 14.8 Å². The zero-order chi connectivity index (χ0) is 21.3. The number of nitrogens with one attached hydrogen (secondary N) is 1. The van der Waals surface area contributed by atoms with Gasteiger partial charge < -0.3 is 19.9 Å².